The van der Waals surface area contributed by atoms with Crippen LogP contribution in [0.5, 0.6) is 0 Å². The highest BCUT2D eigenvalue weighted by atomic mass is 16.6. The Kier molecular flexibility index (Phi) is 8.17. The summed E-state index contributed by atoms with van der Waals surface area (Å²) in [5.74, 6) is -1.73. The summed E-state index contributed by atoms with van der Waals surface area (Å²) in [5, 5.41) is 9.74. The van der Waals surface area contributed by atoms with Crippen molar-refractivity contribution in [2.24, 2.45) is 17.3 Å². The Bertz CT molecular complexity index is 799. The molecule has 0 aromatic rings. The number of esters is 1. The Morgan fingerprint density at radius 1 is 1.26 bits per heavy atom. The predicted octanol–water partition coefficient (Wildman–Crippen LogP) is 4.08. The smallest absolute Gasteiger partial charge is 0.335 e. The van der Waals surface area contributed by atoms with Crippen LogP contribution in [0.25, 0.3) is 0 Å². The van der Waals surface area contributed by atoms with Gasteiger partial charge in [-0.2, -0.15) is 0 Å². The highest BCUT2D eigenvalue weighted by Gasteiger charge is 2.50. The van der Waals surface area contributed by atoms with E-state index in [1.165, 1.54) is 19.3 Å². The van der Waals surface area contributed by atoms with Gasteiger partial charge in [0.15, 0.2) is 5.78 Å². The Morgan fingerprint density at radius 2 is 1.90 bits per heavy atom. The highest BCUT2D eigenvalue weighted by Crippen LogP contribution is 2.49. The number of Topliss-reactive ketones (excluding diaryl/α,β-unsaturated/α-hetero) is 2. The lowest BCUT2D eigenvalue weighted by molar-refractivity contribution is -0.132. The van der Waals surface area contributed by atoms with Crippen molar-refractivity contribution in [2.45, 2.75) is 78.9 Å². The minimum atomic E-state index is -0.616. The van der Waals surface area contributed by atoms with Crippen LogP contribution in [-0.4, -0.2) is 41.0 Å². The molecule has 6 heteroatoms. The van der Waals surface area contributed by atoms with Crippen LogP contribution >= 0.6 is 0 Å². The van der Waals surface area contributed by atoms with Crippen molar-refractivity contribution < 1.29 is 29.0 Å². The molecule has 1 N–H and O–H groups in total. The summed E-state index contributed by atoms with van der Waals surface area (Å²) in [4.78, 5) is 37.1. The molecule has 4 unspecified atom stereocenters. The lowest BCUT2D eigenvalue weighted by Crippen LogP contribution is -2.36. The molecule has 4 atom stereocenters. The normalized spacial score (nSPS) is 29.8. The van der Waals surface area contributed by atoms with Gasteiger partial charge in [-0.25, -0.2) is 4.79 Å². The van der Waals surface area contributed by atoms with Crippen molar-refractivity contribution in [3.63, 3.8) is 0 Å². The number of hydrogen-bond donors (Lipinski definition) is 1. The van der Waals surface area contributed by atoms with Gasteiger partial charge in [0.1, 0.15) is 5.78 Å². The lowest BCUT2D eigenvalue weighted by atomic mass is 9.65. The fourth-order valence-electron chi connectivity index (χ4n) is 4.45. The third-order valence-electron chi connectivity index (χ3n) is 6.40. The number of hydrogen-bond acceptors (Lipinski definition) is 6. The maximum absolute atomic E-state index is 13.1. The molecule has 1 aliphatic heterocycles. The van der Waals surface area contributed by atoms with E-state index in [-0.39, 0.29) is 47.6 Å². The summed E-state index contributed by atoms with van der Waals surface area (Å²) in [6.07, 6.45) is 8.70. The Balaban J connectivity index is 2.35. The number of rotatable bonds is 9. The highest BCUT2D eigenvalue weighted by molar-refractivity contribution is 6.00. The van der Waals surface area contributed by atoms with Gasteiger partial charge in [-0.1, -0.05) is 18.6 Å². The quantitative estimate of drug-likeness (QED) is 0.255. The summed E-state index contributed by atoms with van der Waals surface area (Å²) in [7, 11) is 0. The van der Waals surface area contributed by atoms with Crippen LogP contribution in [0.4, 0.5) is 0 Å². The molecule has 0 saturated carbocycles. The monoisotopic (exact) mass is 432 g/mol. The molecule has 172 valence electrons. The van der Waals surface area contributed by atoms with Crippen LogP contribution in [0.15, 0.2) is 35.6 Å². The molecule has 6 nitrogen and oxygen atoms in total. The predicted molar refractivity (Wildman–Crippen MR) is 118 cm³/mol. The van der Waals surface area contributed by atoms with Crippen molar-refractivity contribution >= 4 is 17.5 Å². The second-order valence-electron chi connectivity index (χ2n) is 9.88. The number of allylic oxidation sites excluding steroid dienone is 3. The van der Waals surface area contributed by atoms with E-state index in [1.54, 1.807) is 26.0 Å². The fourth-order valence-corrected chi connectivity index (χ4v) is 4.45. The van der Waals surface area contributed by atoms with Crippen LogP contribution in [0.2, 0.25) is 0 Å². The van der Waals surface area contributed by atoms with Crippen LogP contribution in [0, 0.1) is 17.3 Å². The summed E-state index contributed by atoms with van der Waals surface area (Å²) in [6.45, 7) is 10.9. The van der Waals surface area contributed by atoms with Crippen LogP contribution in [0.3, 0.4) is 0 Å². The van der Waals surface area contributed by atoms with Gasteiger partial charge >= 0.3 is 5.97 Å². The van der Waals surface area contributed by atoms with Gasteiger partial charge in [-0.3, -0.25) is 4.79 Å². The molecule has 0 aromatic carbocycles. The minimum absolute atomic E-state index is 0.0775. The number of carbonyl (C=O) groups excluding carboxylic acids is 3. The van der Waals surface area contributed by atoms with E-state index < -0.39 is 11.9 Å². The molecule has 1 saturated heterocycles. The first kappa shape index (κ1) is 25.2. The van der Waals surface area contributed by atoms with Gasteiger partial charge in [0.25, 0.3) is 0 Å². The zero-order valence-corrected chi connectivity index (χ0v) is 19.6. The van der Waals surface area contributed by atoms with Gasteiger partial charge in [-0.15, -0.1) is 0 Å². The molecule has 2 aliphatic rings. The van der Waals surface area contributed by atoms with E-state index in [4.69, 9.17) is 9.47 Å². The SMILES string of the molecule is CC(=O)CC1C(=O)C(CO)=CCC(C)(CCC2OC2(C)C)C1C=COC(=O)C=C(C)C. The van der Waals surface area contributed by atoms with Crippen molar-refractivity contribution in [2.75, 3.05) is 6.61 Å². The largest absolute Gasteiger partial charge is 0.432 e. The van der Waals surface area contributed by atoms with Crippen LogP contribution in [0.1, 0.15) is 67.2 Å². The standard InChI is InChI=1S/C25H36O6/c1-16(2)13-22(28)30-12-9-20-19(14-17(3)27)23(29)18(15-26)7-10-25(20,6)11-8-21-24(4,5)31-21/h7,9,12-13,19-21,26H,8,10-11,14-15H2,1-6H3. The zero-order chi connectivity index (χ0) is 23.4. The average Bonchev–Trinajstić information content (AvgIpc) is 3.29. The van der Waals surface area contributed by atoms with Gasteiger partial charge in [0.2, 0.25) is 0 Å². The maximum Gasteiger partial charge on any atom is 0.335 e. The van der Waals surface area contributed by atoms with Gasteiger partial charge in [-0.05, 0) is 71.3 Å². The number of aliphatic hydroxyl groups excluding tert-OH is 1. The number of epoxide rings is 1. The minimum Gasteiger partial charge on any atom is -0.432 e. The van der Waals surface area contributed by atoms with Crippen LogP contribution in [-0.2, 0) is 23.9 Å². The molecule has 2 rings (SSSR count). The second-order valence-corrected chi connectivity index (χ2v) is 9.88. The number of aliphatic hydroxyl groups is 1. The van der Waals surface area contributed by atoms with E-state index in [0.717, 1.165) is 18.4 Å². The first-order valence-corrected chi connectivity index (χ1v) is 10.9. The van der Waals surface area contributed by atoms with Crippen molar-refractivity contribution in [3.8, 4) is 0 Å². The molecular weight excluding hydrogens is 396 g/mol. The van der Waals surface area contributed by atoms with Gasteiger partial charge < -0.3 is 19.4 Å². The summed E-state index contributed by atoms with van der Waals surface area (Å²) >= 11 is 0. The second kappa shape index (κ2) is 10.0. The topological polar surface area (TPSA) is 93.2 Å². The molecular formula is C25H36O6. The Labute approximate surface area is 185 Å². The number of carbonyl (C=O) groups is 3. The summed E-state index contributed by atoms with van der Waals surface area (Å²) in [5.41, 5.74) is 0.672. The summed E-state index contributed by atoms with van der Waals surface area (Å²) in [6, 6.07) is 0. The number of ketones is 2. The van der Waals surface area contributed by atoms with E-state index in [9.17, 15) is 19.5 Å². The molecule has 1 aliphatic carbocycles. The average molecular weight is 433 g/mol. The zero-order valence-electron chi connectivity index (χ0n) is 19.6. The first-order valence-electron chi connectivity index (χ1n) is 10.9. The van der Waals surface area contributed by atoms with Crippen molar-refractivity contribution in [1.82, 2.24) is 0 Å². The van der Waals surface area contributed by atoms with Crippen molar-refractivity contribution in [3.05, 3.63) is 35.6 Å². The van der Waals surface area contributed by atoms with E-state index in [0.29, 0.717) is 12.0 Å². The fraction of sp³-hybridized carbons (Fsp3) is 0.640. The molecule has 0 amide bonds. The van der Waals surface area contributed by atoms with Crippen molar-refractivity contribution in [1.29, 1.82) is 0 Å². The third kappa shape index (κ3) is 6.71. The van der Waals surface area contributed by atoms with E-state index in [1.807, 2.05) is 0 Å². The third-order valence-corrected chi connectivity index (χ3v) is 6.40. The molecule has 1 heterocycles. The Morgan fingerprint density at radius 3 is 2.42 bits per heavy atom. The molecule has 0 aromatic heterocycles. The molecule has 0 bridgehead atoms. The first-order chi connectivity index (χ1) is 14.4. The van der Waals surface area contributed by atoms with Gasteiger partial charge in [0.05, 0.1) is 24.6 Å². The summed E-state index contributed by atoms with van der Waals surface area (Å²) < 4.78 is 11.0. The molecule has 0 radical (unpaired) electrons. The maximum atomic E-state index is 13.1. The van der Waals surface area contributed by atoms with E-state index >= 15 is 0 Å². The van der Waals surface area contributed by atoms with Crippen LogP contribution < -0.4 is 0 Å². The molecule has 0 spiro atoms. The van der Waals surface area contributed by atoms with Gasteiger partial charge in [0, 0.05) is 24.0 Å². The number of ether oxygens (including phenoxy) is 2. The molecule has 1 fully saturated rings. The van der Waals surface area contributed by atoms with E-state index in [2.05, 4.69) is 20.8 Å². The lowest BCUT2D eigenvalue weighted by Gasteiger charge is -2.38. The Hall–Kier alpha value is -2.05. The molecule has 31 heavy (non-hydrogen) atoms.